The maximum Gasteiger partial charge on any atom is 0.125 e. The first kappa shape index (κ1) is 10.3. The molecule has 1 heterocycles. The standard InChI is InChI=1S/C10H9BrFN3/c1-7(11)10-6-13-14-15(10)9-4-2-3-8(12)5-9/h2-7H,1H3. The van der Waals surface area contributed by atoms with Gasteiger partial charge in [0.05, 0.1) is 22.4 Å². The minimum absolute atomic E-state index is 0.121. The fourth-order valence-corrected chi connectivity index (χ4v) is 1.63. The first-order valence-corrected chi connectivity index (χ1v) is 5.40. The number of nitrogens with zero attached hydrogens (tertiary/aromatic N) is 3. The van der Waals surface area contributed by atoms with Gasteiger partial charge in [0.15, 0.2) is 0 Å². The Bertz CT molecular complexity index is 467. The van der Waals surface area contributed by atoms with Crippen LogP contribution in [0.25, 0.3) is 5.69 Å². The molecular weight excluding hydrogens is 261 g/mol. The van der Waals surface area contributed by atoms with Crippen molar-refractivity contribution in [2.45, 2.75) is 11.8 Å². The molecule has 1 aromatic carbocycles. The molecule has 1 aromatic heterocycles. The lowest BCUT2D eigenvalue weighted by atomic mass is 10.3. The van der Waals surface area contributed by atoms with Gasteiger partial charge in [0, 0.05) is 0 Å². The Balaban J connectivity index is 2.49. The Hall–Kier alpha value is -1.23. The quantitative estimate of drug-likeness (QED) is 0.785. The van der Waals surface area contributed by atoms with Crippen LogP contribution >= 0.6 is 15.9 Å². The molecule has 0 bridgehead atoms. The van der Waals surface area contributed by atoms with E-state index < -0.39 is 0 Å². The first-order chi connectivity index (χ1) is 7.18. The van der Waals surface area contributed by atoms with E-state index in [4.69, 9.17) is 0 Å². The third-order valence-corrected chi connectivity index (χ3v) is 2.51. The van der Waals surface area contributed by atoms with Crippen LogP contribution in [0, 0.1) is 5.82 Å². The largest absolute Gasteiger partial charge is 0.216 e. The van der Waals surface area contributed by atoms with Crippen molar-refractivity contribution in [3.63, 3.8) is 0 Å². The lowest BCUT2D eigenvalue weighted by molar-refractivity contribution is 0.624. The van der Waals surface area contributed by atoms with Gasteiger partial charge < -0.3 is 0 Å². The average Bonchev–Trinajstić information content (AvgIpc) is 2.65. The molecule has 78 valence electrons. The minimum Gasteiger partial charge on any atom is -0.216 e. The molecule has 0 amide bonds. The van der Waals surface area contributed by atoms with Gasteiger partial charge in [-0.15, -0.1) is 5.10 Å². The van der Waals surface area contributed by atoms with Crippen LogP contribution in [0.15, 0.2) is 30.5 Å². The van der Waals surface area contributed by atoms with E-state index in [1.54, 1.807) is 23.0 Å². The van der Waals surface area contributed by atoms with E-state index in [9.17, 15) is 4.39 Å². The molecule has 0 aliphatic rings. The molecule has 2 rings (SSSR count). The zero-order valence-corrected chi connectivity index (χ0v) is 9.65. The summed E-state index contributed by atoms with van der Waals surface area (Å²) in [5.41, 5.74) is 1.56. The van der Waals surface area contributed by atoms with Crippen LogP contribution in [-0.4, -0.2) is 15.0 Å². The van der Waals surface area contributed by atoms with Gasteiger partial charge in [-0.25, -0.2) is 9.07 Å². The van der Waals surface area contributed by atoms with E-state index in [1.807, 2.05) is 6.92 Å². The normalized spacial score (nSPS) is 12.7. The summed E-state index contributed by atoms with van der Waals surface area (Å²) >= 11 is 3.43. The summed E-state index contributed by atoms with van der Waals surface area (Å²) in [5, 5.41) is 7.73. The summed E-state index contributed by atoms with van der Waals surface area (Å²) in [5.74, 6) is -0.281. The van der Waals surface area contributed by atoms with Gasteiger partial charge in [0.25, 0.3) is 0 Å². The Morgan fingerprint density at radius 2 is 2.27 bits per heavy atom. The molecule has 0 fully saturated rings. The number of hydrogen-bond donors (Lipinski definition) is 0. The van der Waals surface area contributed by atoms with Crippen molar-refractivity contribution in [3.05, 3.63) is 42.0 Å². The lowest BCUT2D eigenvalue weighted by Gasteiger charge is -2.07. The van der Waals surface area contributed by atoms with Crippen molar-refractivity contribution in [3.8, 4) is 5.69 Å². The number of halogens is 2. The van der Waals surface area contributed by atoms with Crippen molar-refractivity contribution in [1.82, 2.24) is 15.0 Å². The van der Waals surface area contributed by atoms with E-state index >= 15 is 0 Å². The van der Waals surface area contributed by atoms with Crippen molar-refractivity contribution >= 4 is 15.9 Å². The Labute approximate surface area is 95.0 Å². The molecule has 3 nitrogen and oxygen atoms in total. The van der Waals surface area contributed by atoms with E-state index in [0.717, 1.165) is 5.69 Å². The Kier molecular flexibility index (Phi) is 2.81. The van der Waals surface area contributed by atoms with Crippen molar-refractivity contribution in [1.29, 1.82) is 0 Å². The van der Waals surface area contributed by atoms with Crippen LogP contribution in [0.2, 0.25) is 0 Å². The van der Waals surface area contributed by atoms with E-state index in [1.165, 1.54) is 12.1 Å². The molecule has 0 saturated heterocycles. The Morgan fingerprint density at radius 1 is 1.47 bits per heavy atom. The third-order valence-electron chi connectivity index (χ3n) is 2.04. The molecule has 5 heteroatoms. The first-order valence-electron chi connectivity index (χ1n) is 4.49. The second-order valence-corrected chi connectivity index (χ2v) is 4.54. The predicted molar refractivity (Wildman–Crippen MR) is 58.7 cm³/mol. The van der Waals surface area contributed by atoms with E-state index in [-0.39, 0.29) is 10.6 Å². The van der Waals surface area contributed by atoms with Crippen molar-refractivity contribution in [2.75, 3.05) is 0 Å². The summed E-state index contributed by atoms with van der Waals surface area (Å²) in [6, 6.07) is 6.26. The summed E-state index contributed by atoms with van der Waals surface area (Å²) < 4.78 is 14.6. The van der Waals surface area contributed by atoms with Crippen molar-refractivity contribution < 1.29 is 4.39 Å². The number of aromatic nitrogens is 3. The topological polar surface area (TPSA) is 30.7 Å². The molecule has 1 unspecified atom stereocenters. The molecule has 0 aliphatic carbocycles. The minimum atomic E-state index is -0.281. The van der Waals surface area contributed by atoms with Crippen LogP contribution < -0.4 is 0 Å². The smallest absolute Gasteiger partial charge is 0.125 e. The second-order valence-electron chi connectivity index (χ2n) is 3.17. The Morgan fingerprint density at radius 3 is 2.93 bits per heavy atom. The summed E-state index contributed by atoms with van der Waals surface area (Å²) in [7, 11) is 0. The van der Waals surface area contributed by atoms with Crippen LogP contribution in [0.4, 0.5) is 4.39 Å². The lowest BCUT2D eigenvalue weighted by Crippen LogP contribution is -2.02. The summed E-state index contributed by atoms with van der Waals surface area (Å²) in [6.45, 7) is 1.97. The summed E-state index contributed by atoms with van der Waals surface area (Å²) in [6.07, 6.45) is 1.66. The zero-order chi connectivity index (χ0) is 10.8. The molecule has 0 radical (unpaired) electrons. The average molecular weight is 270 g/mol. The van der Waals surface area contributed by atoms with E-state index in [0.29, 0.717) is 5.69 Å². The number of alkyl halides is 1. The molecule has 0 saturated carbocycles. The van der Waals surface area contributed by atoms with Crippen LogP contribution in [0.5, 0.6) is 0 Å². The maximum absolute atomic E-state index is 13.0. The van der Waals surface area contributed by atoms with Crippen LogP contribution in [-0.2, 0) is 0 Å². The van der Waals surface area contributed by atoms with Gasteiger partial charge in [-0.05, 0) is 25.1 Å². The van der Waals surface area contributed by atoms with Crippen molar-refractivity contribution in [2.24, 2.45) is 0 Å². The second kappa shape index (κ2) is 4.10. The number of rotatable bonds is 2. The molecule has 0 N–H and O–H groups in total. The fourth-order valence-electron chi connectivity index (χ4n) is 1.32. The van der Waals surface area contributed by atoms with Gasteiger partial charge in [-0.3, -0.25) is 0 Å². The third kappa shape index (κ3) is 2.07. The highest BCUT2D eigenvalue weighted by atomic mass is 79.9. The highest BCUT2D eigenvalue weighted by Crippen LogP contribution is 2.22. The van der Waals surface area contributed by atoms with Gasteiger partial charge in [0.1, 0.15) is 5.82 Å². The SMILES string of the molecule is CC(Br)c1cnnn1-c1cccc(F)c1. The highest BCUT2D eigenvalue weighted by molar-refractivity contribution is 9.09. The molecule has 0 spiro atoms. The van der Waals surface area contributed by atoms with Crippen LogP contribution in [0.3, 0.4) is 0 Å². The monoisotopic (exact) mass is 269 g/mol. The predicted octanol–water partition coefficient (Wildman–Crippen LogP) is 2.86. The number of benzene rings is 1. The van der Waals surface area contributed by atoms with E-state index in [2.05, 4.69) is 26.2 Å². The summed E-state index contributed by atoms with van der Waals surface area (Å²) in [4.78, 5) is 0.121. The molecule has 0 aliphatic heterocycles. The van der Waals surface area contributed by atoms with Gasteiger partial charge >= 0.3 is 0 Å². The molecular formula is C10H9BrFN3. The van der Waals surface area contributed by atoms with Crippen LogP contribution in [0.1, 0.15) is 17.4 Å². The van der Waals surface area contributed by atoms with Gasteiger partial charge in [0.2, 0.25) is 0 Å². The van der Waals surface area contributed by atoms with Gasteiger partial charge in [-0.1, -0.05) is 27.2 Å². The highest BCUT2D eigenvalue weighted by Gasteiger charge is 2.10. The number of hydrogen-bond acceptors (Lipinski definition) is 2. The molecule has 2 aromatic rings. The fraction of sp³-hybridized carbons (Fsp3) is 0.200. The molecule has 15 heavy (non-hydrogen) atoms. The maximum atomic E-state index is 13.0. The zero-order valence-electron chi connectivity index (χ0n) is 8.06. The molecule has 1 atom stereocenters. The van der Waals surface area contributed by atoms with Gasteiger partial charge in [-0.2, -0.15) is 0 Å².